The summed E-state index contributed by atoms with van der Waals surface area (Å²) in [5, 5.41) is 3.17. The summed E-state index contributed by atoms with van der Waals surface area (Å²) < 4.78 is 0. The molecule has 3 nitrogen and oxygen atoms in total. The Bertz CT molecular complexity index is 627. The molecule has 21 heavy (non-hydrogen) atoms. The Morgan fingerprint density at radius 1 is 1.14 bits per heavy atom. The van der Waals surface area contributed by atoms with Crippen LogP contribution in [0, 0.1) is 12.8 Å². The van der Waals surface area contributed by atoms with Crippen LogP contribution < -0.4 is 11.1 Å². The van der Waals surface area contributed by atoms with E-state index in [9.17, 15) is 4.79 Å². The number of nitrogens with one attached hydrogen (secondary N) is 1. The molecule has 0 aromatic heterocycles. The number of aryl methyl sites for hydroxylation is 1. The van der Waals surface area contributed by atoms with E-state index in [-0.39, 0.29) is 11.9 Å². The molecular formula is C18H20N2O. The molecule has 2 aromatic rings. The normalized spacial score (nSPS) is 15.5. The number of carbonyl (C=O) groups excluding carboxylic acids is 1. The lowest BCUT2D eigenvalue weighted by Crippen LogP contribution is -2.31. The van der Waals surface area contributed by atoms with Crippen LogP contribution in [0.3, 0.4) is 0 Å². The number of nitrogen functional groups attached to an aromatic ring is 1. The number of amides is 1. The van der Waals surface area contributed by atoms with E-state index >= 15 is 0 Å². The fourth-order valence-corrected chi connectivity index (χ4v) is 2.78. The van der Waals surface area contributed by atoms with Gasteiger partial charge in [-0.3, -0.25) is 4.79 Å². The van der Waals surface area contributed by atoms with Crippen LogP contribution in [-0.4, -0.2) is 5.91 Å². The zero-order chi connectivity index (χ0) is 14.8. The summed E-state index contributed by atoms with van der Waals surface area (Å²) in [4.78, 5) is 12.6. The Hall–Kier alpha value is -2.29. The Kier molecular flexibility index (Phi) is 3.65. The molecule has 108 valence electrons. The van der Waals surface area contributed by atoms with Crippen molar-refractivity contribution >= 4 is 11.6 Å². The SMILES string of the molecule is Cc1cccc(N)c1C(=O)NC(c1ccccc1)C1CC1. The van der Waals surface area contributed by atoms with E-state index in [1.165, 1.54) is 18.4 Å². The second-order valence-corrected chi connectivity index (χ2v) is 5.74. The largest absolute Gasteiger partial charge is 0.398 e. The van der Waals surface area contributed by atoms with Crippen molar-refractivity contribution in [2.75, 3.05) is 5.73 Å². The van der Waals surface area contributed by atoms with Crippen molar-refractivity contribution in [3.05, 3.63) is 65.2 Å². The minimum atomic E-state index is -0.0775. The molecule has 0 radical (unpaired) electrons. The highest BCUT2D eigenvalue weighted by atomic mass is 16.1. The van der Waals surface area contributed by atoms with Crippen LogP contribution in [0.2, 0.25) is 0 Å². The predicted molar refractivity (Wildman–Crippen MR) is 85.0 cm³/mol. The molecule has 1 aliphatic carbocycles. The van der Waals surface area contributed by atoms with Gasteiger partial charge in [-0.1, -0.05) is 42.5 Å². The van der Waals surface area contributed by atoms with Gasteiger partial charge >= 0.3 is 0 Å². The maximum Gasteiger partial charge on any atom is 0.254 e. The van der Waals surface area contributed by atoms with Gasteiger partial charge in [0.1, 0.15) is 0 Å². The van der Waals surface area contributed by atoms with Crippen molar-refractivity contribution in [3.63, 3.8) is 0 Å². The lowest BCUT2D eigenvalue weighted by Gasteiger charge is -2.20. The smallest absolute Gasteiger partial charge is 0.254 e. The average molecular weight is 280 g/mol. The zero-order valence-corrected chi connectivity index (χ0v) is 12.2. The standard InChI is InChI=1S/C18H20N2O/c1-12-6-5-9-15(19)16(12)18(21)20-17(14-10-11-14)13-7-3-2-4-8-13/h2-9,14,17H,10-11,19H2,1H3,(H,20,21). The number of carbonyl (C=O) groups is 1. The molecule has 1 saturated carbocycles. The van der Waals surface area contributed by atoms with Crippen LogP contribution in [0.4, 0.5) is 5.69 Å². The van der Waals surface area contributed by atoms with E-state index in [4.69, 9.17) is 5.73 Å². The summed E-state index contributed by atoms with van der Waals surface area (Å²) in [5.41, 5.74) is 9.18. The van der Waals surface area contributed by atoms with Crippen molar-refractivity contribution in [1.29, 1.82) is 0 Å². The first-order chi connectivity index (χ1) is 10.2. The van der Waals surface area contributed by atoms with Crippen LogP contribution in [-0.2, 0) is 0 Å². The number of nitrogens with two attached hydrogens (primary N) is 1. The molecule has 0 aliphatic heterocycles. The fourth-order valence-electron chi connectivity index (χ4n) is 2.78. The molecule has 1 aliphatic rings. The van der Waals surface area contributed by atoms with Gasteiger partial charge in [0.25, 0.3) is 5.91 Å². The Balaban J connectivity index is 1.85. The van der Waals surface area contributed by atoms with Gasteiger partial charge in [-0.25, -0.2) is 0 Å². The summed E-state index contributed by atoms with van der Waals surface area (Å²) >= 11 is 0. The Morgan fingerprint density at radius 2 is 1.86 bits per heavy atom. The van der Waals surface area contributed by atoms with Crippen molar-refractivity contribution in [2.45, 2.75) is 25.8 Å². The van der Waals surface area contributed by atoms with E-state index in [2.05, 4.69) is 17.4 Å². The number of rotatable bonds is 4. The van der Waals surface area contributed by atoms with Gasteiger partial charge in [0, 0.05) is 5.69 Å². The van der Waals surface area contributed by atoms with E-state index in [0.29, 0.717) is 17.2 Å². The van der Waals surface area contributed by atoms with Gasteiger partial charge in [0.2, 0.25) is 0 Å². The van der Waals surface area contributed by atoms with Crippen molar-refractivity contribution < 1.29 is 4.79 Å². The Morgan fingerprint density at radius 3 is 2.48 bits per heavy atom. The number of anilines is 1. The second kappa shape index (κ2) is 5.60. The maximum atomic E-state index is 12.6. The topological polar surface area (TPSA) is 55.1 Å². The average Bonchev–Trinajstić information content (AvgIpc) is 3.30. The van der Waals surface area contributed by atoms with E-state index in [1.54, 1.807) is 6.07 Å². The monoisotopic (exact) mass is 280 g/mol. The third-order valence-electron chi connectivity index (χ3n) is 4.07. The van der Waals surface area contributed by atoms with Crippen LogP contribution in [0.1, 0.15) is 40.4 Å². The first kappa shape index (κ1) is 13.7. The van der Waals surface area contributed by atoms with Gasteiger partial charge in [-0.15, -0.1) is 0 Å². The minimum absolute atomic E-state index is 0.0775. The first-order valence-corrected chi connectivity index (χ1v) is 7.37. The molecule has 2 aromatic carbocycles. The third-order valence-corrected chi connectivity index (χ3v) is 4.07. The lowest BCUT2D eigenvalue weighted by atomic mass is 10.0. The summed E-state index contributed by atoms with van der Waals surface area (Å²) in [7, 11) is 0. The van der Waals surface area contributed by atoms with Crippen LogP contribution >= 0.6 is 0 Å². The molecule has 3 rings (SSSR count). The highest BCUT2D eigenvalue weighted by Crippen LogP contribution is 2.41. The summed E-state index contributed by atoms with van der Waals surface area (Å²) in [6.45, 7) is 1.92. The van der Waals surface area contributed by atoms with Crippen molar-refractivity contribution in [2.24, 2.45) is 5.92 Å². The van der Waals surface area contributed by atoms with Crippen LogP contribution in [0.25, 0.3) is 0 Å². The molecule has 0 heterocycles. The number of hydrogen-bond acceptors (Lipinski definition) is 2. The Labute approximate surface area is 125 Å². The van der Waals surface area contributed by atoms with Gasteiger partial charge in [0.05, 0.1) is 11.6 Å². The quantitative estimate of drug-likeness (QED) is 0.843. The molecule has 3 heteroatoms. The highest BCUT2D eigenvalue weighted by Gasteiger charge is 2.33. The lowest BCUT2D eigenvalue weighted by molar-refractivity contribution is 0.0932. The van der Waals surface area contributed by atoms with E-state index in [1.807, 2.05) is 37.3 Å². The summed E-state index contributed by atoms with van der Waals surface area (Å²) in [5.74, 6) is 0.466. The third kappa shape index (κ3) is 2.92. The molecule has 1 fully saturated rings. The van der Waals surface area contributed by atoms with Gasteiger partial charge in [-0.05, 0) is 42.9 Å². The molecule has 3 N–H and O–H groups in total. The first-order valence-electron chi connectivity index (χ1n) is 7.37. The fraction of sp³-hybridized carbons (Fsp3) is 0.278. The summed E-state index contributed by atoms with van der Waals surface area (Å²) in [6, 6.07) is 15.8. The van der Waals surface area contributed by atoms with Crippen molar-refractivity contribution in [1.82, 2.24) is 5.32 Å². The molecular weight excluding hydrogens is 260 g/mol. The van der Waals surface area contributed by atoms with Gasteiger partial charge < -0.3 is 11.1 Å². The maximum absolute atomic E-state index is 12.6. The highest BCUT2D eigenvalue weighted by molar-refractivity contribution is 6.00. The van der Waals surface area contributed by atoms with E-state index in [0.717, 1.165) is 5.56 Å². The molecule has 1 amide bonds. The summed E-state index contributed by atoms with van der Waals surface area (Å²) in [6.07, 6.45) is 2.34. The zero-order valence-electron chi connectivity index (χ0n) is 12.2. The molecule has 1 atom stereocenters. The van der Waals surface area contributed by atoms with Crippen LogP contribution in [0.5, 0.6) is 0 Å². The predicted octanol–water partition coefficient (Wildman–Crippen LogP) is 3.46. The molecule has 0 bridgehead atoms. The van der Waals surface area contributed by atoms with Gasteiger partial charge in [0.15, 0.2) is 0 Å². The molecule has 1 unspecified atom stereocenters. The van der Waals surface area contributed by atoms with Crippen molar-refractivity contribution in [3.8, 4) is 0 Å². The van der Waals surface area contributed by atoms with Crippen LogP contribution in [0.15, 0.2) is 48.5 Å². The van der Waals surface area contributed by atoms with Gasteiger partial charge in [-0.2, -0.15) is 0 Å². The van der Waals surface area contributed by atoms with E-state index < -0.39 is 0 Å². The second-order valence-electron chi connectivity index (χ2n) is 5.74. The number of benzene rings is 2. The number of hydrogen-bond donors (Lipinski definition) is 2. The molecule has 0 saturated heterocycles. The molecule has 0 spiro atoms. The minimum Gasteiger partial charge on any atom is -0.398 e.